The van der Waals surface area contributed by atoms with Gasteiger partial charge in [0.2, 0.25) is 11.9 Å². The second-order valence-corrected chi connectivity index (χ2v) is 9.93. The fourth-order valence-corrected chi connectivity index (χ4v) is 4.34. The number of hydrogen-bond acceptors (Lipinski definition) is 6. The molecular weight excluding hydrogens is 403 g/mol. The van der Waals surface area contributed by atoms with Crippen molar-refractivity contribution in [3.63, 3.8) is 0 Å². The van der Waals surface area contributed by atoms with Gasteiger partial charge < -0.3 is 19.1 Å². The van der Waals surface area contributed by atoms with Crippen LogP contribution in [0.2, 0.25) is 0 Å². The lowest BCUT2D eigenvalue weighted by molar-refractivity contribution is -0.131. The standard InChI is InChI=1S/C21H32BClN4O3/c1-20(2)21(3,4)30-22(29-20)15-12-24-19(25-13-15)27(16-8-9-16)14-17-7-5-6-10-26(17)18(28)11-23/h12-13,16-17H,5-11,14H2,1-4H3/t17-/m0/s1. The SMILES string of the molecule is CC1(C)OB(c2cnc(N(C[C@@H]3CCCCN3C(=O)CCl)C3CC3)nc2)OC1(C)C. The first-order valence-corrected chi connectivity index (χ1v) is 11.5. The molecule has 0 radical (unpaired) electrons. The van der Waals surface area contributed by atoms with E-state index >= 15 is 0 Å². The van der Waals surface area contributed by atoms with Crippen LogP contribution < -0.4 is 10.4 Å². The first kappa shape index (κ1) is 21.8. The highest BCUT2D eigenvalue weighted by molar-refractivity contribution is 6.61. The molecule has 7 nitrogen and oxygen atoms in total. The van der Waals surface area contributed by atoms with Crippen LogP contribution in [0.1, 0.15) is 59.8 Å². The quantitative estimate of drug-likeness (QED) is 0.506. The van der Waals surface area contributed by atoms with E-state index in [9.17, 15) is 4.79 Å². The zero-order chi connectivity index (χ0) is 21.5. The molecule has 3 fully saturated rings. The van der Waals surface area contributed by atoms with Gasteiger partial charge in [-0.05, 0) is 59.8 Å². The number of halogens is 1. The number of carbonyl (C=O) groups is 1. The van der Waals surface area contributed by atoms with Crippen LogP contribution >= 0.6 is 11.6 Å². The molecule has 2 saturated heterocycles. The van der Waals surface area contributed by atoms with E-state index in [-0.39, 0.29) is 17.8 Å². The van der Waals surface area contributed by atoms with Gasteiger partial charge in [0, 0.05) is 43.0 Å². The first-order valence-electron chi connectivity index (χ1n) is 11.0. The van der Waals surface area contributed by atoms with E-state index in [1.807, 2.05) is 45.0 Å². The monoisotopic (exact) mass is 434 g/mol. The average molecular weight is 435 g/mol. The highest BCUT2D eigenvalue weighted by Crippen LogP contribution is 2.36. The van der Waals surface area contributed by atoms with Crippen LogP contribution in [0.25, 0.3) is 0 Å². The summed E-state index contributed by atoms with van der Waals surface area (Å²) in [5, 5.41) is 0. The highest BCUT2D eigenvalue weighted by Gasteiger charge is 2.52. The molecule has 0 spiro atoms. The fraction of sp³-hybridized carbons (Fsp3) is 0.762. The molecule has 1 atom stereocenters. The number of nitrogens with zero attached hydrogens (tertiary/aromatic N) is 4. The van der Waals surface area contributed by atoms with Gasteiger partial charge in [0.1, 0.15) is 5.88 Å². The van der Waals surface area contributed by atoms with Crippen molar-refractivity contribution in [1.82, 2.24) is 14.9 Å². The van der Waals surface area contributed by atoms with Gasteiger partial charge in [0.25, 0.3) is 0 Å². The Morgan fingerprint density at radius 1 is 1.17 bits per heavy atom. The van der Waals surface area contributed by atoms with E-state index in [2.05, 4.69) is 14.9 Å². The Kier molecular flexibility index (Phi) is 6.03. The summed E-state index contributed by atoms with van der Waals surface area (Å²) in [6.45, 7) is 9.69. The Hall–Kier alpha value is -1.38. The maximum absolute atomic E-state index is 12.3. The van der Waals surface area contributed by atoms with E-state index in [4.69, 9.17) is 20.9 Å². The summed E-state index contributed by atoms with van der Waals surface area (Å²) in [4.78, 5) is 25.8. The molecule has 1 amide bonds. The Labute approximate surface area is 184 Å². The van der Waals surface area contributed by atoms with Gasteiger partial charge in [-0.1, -0.05) is 0 Å². The number of piperidine rings is 1. The number of rotatable bonds is 6. The fourth-order valence-electron chi connectivity index (χ4n) is 4.18. The molecule has 0 bridgehead atoms. The Balaban J connectivity index is 1.48. The summed E-state index contributed by atoms with van der Waals surface area (Å²) in [7, 11) is -0.464. The van der Waals surface area contributed by atoms with Crippen molar-refractivity contribution >= 4 is 36.0 Å². The van der Waals surface area contributed by atoms with Crippen molar-refractivity contribution in [2.24, 2.45) is 0 Å². The predicted octanol–water partition coefficient (Wildman–Crippen LogP) is 2.36. The van der Waals surface area contributed by atoms with Crippen molar-refractivity contribution < 1.29 is 14.1 Å². The Morgan fingerprint density at radius 3 is 2.37 bits per heavy atom. The summed E-state index contributed by atoms with van der Waals surface area (Å²) in [6, 6.07) is 0.611. The number of anilines is 1. The van der Waals surface area contributed by atoms with Gasteiger partial charge in [-0.2, -0.15) is 0 Å². The topological polar surface area (TPSA) is 67.8 Å². The first-order chi connectivity index (χ1) is 14.2. The molecule has 1 aromatic heterocycles. The van der Waals surface area contributed by atoms with Crippen LogP contribution in [0.4, 0.5) is 5.95 Å². The molecule has 1 saturated carbocycles. The molecular formula is C21H32BClN4O3. The number of aromatic nitrogens is 2. The molecule has 1 aliphatic carbocycles. The Morgan fingerprint density at radius 2 is 1.80 bits per heavy atom. The molecule has 3 aliphatic rings. The number of hydrogen-bond donors (Lipinski definition) is 0. The van der Waals surface area contributed by atoms with Gasteiger partial charge in [-0.15, -0.1) is 11.6 Å². The second kappa shape index (κ2) is 8.28. The smallest absolute Gasteiger partial charge is 0.399 e. The second-order valence-electron chi connectivity index (χ2n) is 9.66. The lowest BCUT2D eigenvalue weighted by atomic mass is 9.81. The number of likely N-dealkylation sites (tertiary alicyclic amines) is 1. The molecule has 1 aromatic rings. The largest absolute Gasteiger partial charge is 0.498 e. The van der Waals surface area contributed by atoms with Crippen molar-refractivity contribution in [2.45, 2.75) is 83.1 Å². The number of alkyl halides is 1. The van der Waals surface area contributed by atoms with E-state index in [0.29, 0.717) is 12.0 Å². The van der Waals surface area contributed by atoms with Gasteiger partial charge in [0.15, 0.2) is 0 Å². The van der Waals surface area contributed by atoms with Crippen LogP contribution in [0, 0.1) is 0 Å². The molecule has 30 heavy (non-hydrogen) atoms. The molecule has 4 rings (SSSR count). The molecule has 164 valence electrons. The minimum absolute atomic E-state index is 0.0224. The summed E-state index contributed by atoms with van der Waals surface area (Å²) < 4.78 is 12.2. The van der Waals surface area contributed by atoms with Crippen LogP contribution in [-0.2, 0) is 14.1 Å². The molecule has 0 unspecified atom stereocenters. The number of carbonyl (C=O) groups excluding carboxylic acids is 1. The molecule has 2 aliphatic heterocycles. The molecule has 9 heteroatoms. The van der Waals surface area contributed by atoms with E-state index < -0.39 is 18.3 Å². The lowest BCUT2D eigenvalue weighted by Crippen LogP contribution is -2.51. The molecule has 0 aromatic carbocycles. The summed E-state index contributed by atoms with van der Waals surface area (Å²) in [5.41, 5.74) is 0.0377. The van der Waals surface area contributed by atoms with E-state index in [0.717, 1.165) is 50.7 Å². The summed E-state index contributed by atoms with van der Waals surface area (Å²) >= 11 is 5.85. The van der Waals surface area contributed by atoms with Crippen molar-refractivity contribution in [2.75, 3.05) is 23.9 Å². The van der Waals surface area contributed by atoms with Gasteiger partial charge in [-0.3, -0.25) is 4.79 Å². The third-order valence-electron chi connectivity index (χ3n) is 6.90. The van der Waals surface area contributed by atoms with Crippen LogP contribution in [0.15, 0.2) is 12.4 Å². The van der Waals surface area contributed by atoms with E-state index in [1.54, 1.807) is 0 Å². The van der Waals surface area contributed by atoms with Crippen molar-refractivity contribution in [3.8, 4) is 0 Å². The third kappa shape index (κ3) is 4.32. The highest BCUT2D eigenvalue weighted by atomic mass is 35.5. The average Bonchev–Trinajstić information content (AvgIpc) is 3.53. The lowest BCUT2D eigenvalue weighted by Gasteiger charge is -2.38. The van der Waals surface area contributed by atoms with Gasteiger partial charge in [-0.25, -0.2) is 9.97 Å². The molecule has 3 heterocycles. The third-order valence-corrected chi connectivity index (χ3v) is 7.13. The van der Waals surface area contributed by atoms with Gasteiger partial charge in [0.05, 0.1) is 11.2 Å². The minimum Gasteiger partial charge on any atom is -0.399 e. The Bertz CT molecular complexity index is 756. The summed E-state index contributed by atoms with van der Waals surface area (Å²) in [5.74, 6) is 0.773. The van der Waals surface area contributed by atoms with Gasteiger partial charge >= 0.3 is 7.12 Å². The summed E-state index contributed by atoms with van der Waals surface area (Å²) in [6.07, 6.45) is 9.07. The zero-order valence-electron chi connectivity index (χ0n) is 18.4. The zero-order valence-corrected chi connectivity index (χ0v) is 19.2. The van der Waals surface area contributed by atoms with Crippen LogP contribution in [0.3, 0.4) is 0 Å². The van der Waals surface area contributed by atoms with Crippen molar-refractivity contribution in [3.05, 3.63) is 12.4 Å². The van der Waals surface area contributed by atoms with Crippen LogP contribution in [-0.4, -0.2) is 70.1 Å². The minimum atomic E-state index is -0.464. The van der Waals surface area contributed by atoms with Crippen LogP contribution in [0.5, 0.6) is 0 Å². The van der Waals surface area contributed by atoms with E-state index in [1.165, 1.54) is 0 Å². The predicted molar refractivity (Wildman–Crippen MR) is 118 cm³/mol. The maximum atomic E-state index is 12.3. The number of amides is 1. The normalized spacial score (nSPS) is 25.4. The van der Waals surface area contributed by atoms with Crippen molar-refractivity contribution in [1.29, 1.82) is 0 Å². The maximum Gasteiger partial charge on any atom is 0.498 e. The molecule has 0 N–H and O–H groups in total.